The highest BCUT2D eigenvalue weighted by molar-refractivity contribution is 4.93. The Kier molecular flexibility index (Phi) is 4.10. The van der Waals surface area contributed by atoms with E-state index < -0.39 is 0 Å². The smallest absolute Gasteiger partial charge is 0.108 e. The number of hydrogen-bond acceptors (Lipinski definition) is 2. The summed E-state index contributed by atoms with van der Waals surface area (Å²) in [5, 5.41) is 10.5. The largest absolute Gasteiger partial charge is 0.393 e. The van der Waals surface area contributed by atoms with Gasteiger partial charge in [-0.05, 0) is 30.6 Å². The molecule has 1 N–H and O–H groups in total. The molecule has 0 spiro atoms. The predicted octanol–water partition coefficient (Wildman–Crippen LogP) is 2.93. The highest BCUT2D eigenvalue weighted by Crippen LogP contribution is 2.43. The third kappa shape index (κ3) is 2.94. The topological polar surface area (TPSA) is 38.0 Å². The number of aryl methyl sites for hydroxylation is 2. The molecule has 1 saturated carbocycles. The van der Waals surface area contributed by atoms with E-state index in [0.29, 0.717) is 11.3 Å². The molecule has 1 aliphatic carbocycles. The number of hydrogen-bond donors (Lipinski definition) is 1. The van der Waals surface area contributed by atoms with Gasteiger partial charge in [0.2, 0.25) is 0 Å². The van der Waals surface area contributed by atoms with E-state index in [4.69, 9.17) is 0 Å². The monoisotopic (exact) mass is 250 g/mol. The Balaban J connectivity index is 1.91. The Labute approximate surface area is 110 Å². The lowest BCUT2D eigenvalue weighted by atomic mass is 9.66. The minimum absolute atomic E-state index is 0.183. The molecule has 1 aromatic rings. The van der Waals surface area contributed by atoms with Crippen LogP contribution in [-0.4, -0.2) is 20.8 Å². The van der Waals surface area contributed by atoms with Crippen molar-refractivity contribution in [2.75, 3.05) is 0 Å². The number of rotatable bonds is 4. The Morgan fingerprint density at radius 1 is 1.50 bits per heavy atom. The zero-order valence-corrected chi connectivity index (χ0v) is 11.9. The molecule has 1 fully saturated rings. The highest BCUT2D eigenvalue weighted by atomic mass is 16.3. The number of aromatic nitrogens is 2. The lowest BCUT2D eigenvalue weighted by Crippen LogP contribution is -2.37. The maximum Gasteiger partial charge on any atom is 0.108 e. The van der Waals surface area contributed by atoms with Gasteiger partial charge in [0, 0.05) is 25.9 Å². The van der Waals surface area contributed by atoms with Crippen LogP contribution in [-0.2, 0) is 13.5 Å². The fraction of sp³-hybridized carbons (Fsp3) is 0.800. The summed E-state index contributed by atoms with van der Waals surface area (Å²) in [6, 6.07) is 0. The van der Waals surface area contributed by atoms with Gasteiger partial charge in [-0.15, -0.1) is 0 Å². The zero-order valence-electron chi connectivity index (χ0n) is 11.9. The molecule has 0 radical (unpaired) electrons. The molecule has 2 atom stereocenters. The molecule has 0 bridgehead atoms. The minimum Gasteiger partial charge on any atom is -0.393 e. The van der Waals surface area contributed by atoms with Crippen LogP contribution in [0.25, 0.3) is 0 Å². The molecule has 102 valence electrons. The quantitative estimate of drug-likeness (QED) is 0.892. The average molecular weight is 250 g/mol. The fourth-order valence-electron chi connectivity index (χ4n) is 3.35. The van der Waals surface area contributed by atoms with Crippen molar-refractivity contribution in [1.82, 2.24) is 9.55 Å². The summed E-state index contributed by atoms with van der Waals surface area (Å²) in [5.74, 6) is 1.52. The van der Waals surface area contributed by atoms with Crippen molar-refractivity contribution < 1.29 is 5.11 Å². The third-order valence-corrected chi connectivity index (χ3v) is 4.64. The van der Waals surface area contributed by atoms with Crippen LogP contribution in [0.2, 0.25) is 0 Å². The fourth-order valence-corrected chi connectivity index (χ4v) is 3.35. The lowest BCUT2D eigenvalue weighted by Gasteiger charge is -2.41. The first-order chi connectivity index (χ1) is 8.50. The van der Waals surface area contributed by atoms with Crippen LogP contribution in [0.3, 0.4) is 0 Å². The molecular formula is C15H26N2O. The summed E-state index contributed by atoms with van der Waals surface area (Å²) in [6.07, 6.45) is 10.3. The van der Waals surface area contributed by atoms with Crippen LogP contribution in [0, 0.1) is 11.3 Å². The second-order valence-corrected chi connectivity index (χ2v) is 6.40. The Morgan fingerprint density at radius 3 is 2.89 bits per heavy atom. The number of aliphatic hydroxyl groups is 1. The van der Waals surface area contributed by atoms with E-state index in [1.807, 2.05) is 24.0 Å². The molecular weight excluding hydrogens is 224 g/mol. The summed E-state index contributed by atoms with van der Waals surface area (Å²) >= 11 is 0. The molecule has 1 heterocycles. The predicted molar refractivity (Wildman–Crippen MR) is 73.3 cm³/mol. The number of nitrogens with zero attached hydrogens (tertiary/aromatic N) is 2. The first kappa shape index (κ1) is 13.6. The van der Waals surface area contributed by atoms with Crippen molar-refractivity contribution in [3.8, 4) is 0 Å². The van der Waals surface area contributed by atoms with E-state index in [9.17, 15) is 5.11 Å². The Hall–Kier alpha value is -0.830. The van der Waals surface area contributed by atoms with Crippen molar-refractivity contribution in [1.29, 1.82) is 0 Å². The van der Waals surface area contributed by atoms with Crippen molar-refractivity contribution in [2.24, 2.45) is 18.4 Å². The molecule has 18 heavy (non-hydrogen) atoms. The van der Waals surface area contributed by atoms with Gasteiger partial charge in [0.25, 0.3) is 0 Å². The van der Waals surface area contributed by atoms with E-state index in [1.165, 1.54) is 25.7 Å². The summed E-state index contributed by atoms with van der Waals surface area (Å²) in [4.78, 5) is 4.32. The van der Waals surface area contributed by atoms with Crippen LogP contribution < -0.4 is 0 Å². The van der Waals surface area contributed by atoms with Crippen molar-refractivity contribution in [3.05, 3.63) is 18.2 Å². The van der Waals surface area contributed by atoms with E-state index in [-0.39, 0.29) is 6.10 Å². The second-order valence-electron chi connectivity index (χ2n) is 6.40. The van der Waals surface area contributed by atoms with Crippen LogP contribution in [0.15, 0.2) is 12.4 Å². The number of imidazole rings is 1. The van der Waals surface area contributed by atoms with Gasteiger partial charge in [-0.25, -0.2) is 4.98 Å². The molecule has 3 heteroatoms. The molecule has 0 amide bonds. The third-order valence-electron chi connectivity index (χ3n) is 4.64. The molecule has 0 aromatic carbocycles. The first-order valence-corrected chi connectivity index (χ1v) is 7.15. The van der Waals surface area contributed by atoms with E-state index >= 15 is 0 Å². The zero-order chi connectivity index (χ0) is 13.2. The molecule has 0 saturated heterocycles. The summed E-state index contributed by atoms with van der Waals surface area (Å²) in [7, 11) is 2.01. The minimum atomic E-state index is -0.183. The van der Waals surface area contributed by atoms with Crippen molar-refractivity contribution >= 4 is 0 Å². The second kappa shape index (κ2) is 5.43. The molecule has 1 aromatic heterocycles. The molecule has 1 aliphatic rings. The normalized spacial score (nSPS) is 25.0. The molecule has 0 aliphatic heterocycles. The van der Waals surface area contributed by atoms with Crippen LogP contribution in [0.5, 0.6) is 0 Å². The molecule has 2 unspecified atom stereocenters. The van der Waals surface area contributed by atoms with Crippen LogP contribution >= 0.6 is 0 Å². The maximum atomic E-state index is 10.5. The number of aliphatic hydroxyl groups excluding tert-OH is 1. The van der Waals surface area contributed by atoms with Crippen molar-refractivity contribution in [2.45, 2.75) is 58.5 Å². The van der Waals surface area contributed by atoms with Gasteiger partial charge in [-0.1, -0.05) is 26.7 Å². The summed E-state index contributed by atoms with van der Waals surface area (Å²) in [5.41, 5.74) is 0.291. The van der Waals surface area contributed by atoms with Gasteiger partial charge in [-0.3, -0.25) is 0 Å². The molecule has 2 rings (SSSR count). The van der Waals surface area contributed by atoms with E-state index in [2.05, 4.69) is 18.8 Å². The first-order valence-electron chi connectivity index (χ1n) is 7.15. The standard InChI is InChI=1S/C15H26N2O/c1-15(2)9-5-4-6-12(15)13(18)7-8-14-16-10-11-17(14)3/h10-13,18H,4-9H2,1-3H3. The highest BCUT2D eigenvalue weighted by Gasteiger charge is 2.36. The average Bonchev–Trinajstić information content (AvgIpc) is 2.71. The van der Waals surface area contributed by atoms with Gasteiger partial charge in [-0.2, -0.15) is 0 Å². The van der Waals surface area contributed by atoms with E-state index in [0.717, 1.165) is 18.7 Å². The van der Waals surface area contributed by atoms with Crippen LogP contribution in [0.1, 0.15) is 51.8 Å². The summed E-state index contributed by atoms with van der Waals surface area (Å²) in [6.45, 7) is 4.61. The van der Waals surface area contributed by atoms with Gasteiger partial charge < -0.3 is 9.67 Å². The van der Waals surface area contributed by atoms with Gasteiger partial charge in [0.05, 0.1) is 6.10 Å². The van der Waals surface area contributed by atoms with Gasteiger partial charge >= 0.3 is 0 Å². The van der Waals surface area contributed by atoms with Gasteiger partial charge in [0.15, 0.2) is 0 Å². The van der Waals surface area contributed by atoms with Gasteiger partial charge in [0.1, 0.15) is 5.82 Å². The molecule has 3 nitrogen and oxygen atoms in total. The lowest BCUT2D eigenvalue weighted by molar-refractivity contribution is 0.000696. The Morgan fingerprint density at radius 2 is 2.28 bits per heavy atom. The maximum absolute atomic E-state index is 10.5. The Bertz CT molecular complexity index is 384. The SMILES string of the molecule is Cn1ccnc1CCC(O)C1CCCCC1(C)C. The van der Waals surface area contributed by atoms with Crippen LogP contribution in [0.4, 0.5) is 0 Å². The summed E-state index contributed by atoms with van der Waals surface area (Å²) < 4.78 is 2.04. The van der Waals surface area contributed by atoms with E-state index in [1.54, 1.807) is 0 Å². The van der Waals surface area contributed by atoms with Crippen molar-refractivity contribution in [3.63, 3.8) is 0 Å².